The van der Waals surface area contributed by atoms with E-state index in [0.717, 1.165) is 11.3 Å². The van der Waals surface area contributed by atoms with Crippen molar-refractivity contribution >= 4 is 11.9 Å². The summed E-state index contributed by atoms with van der Waals surface area (Å²) in [5.74, 6) is -0.436. The molecule has 0 unspecified atom stereocenters. The molecule has 5 heteroatoms. The van der Waals surface area contributed by atoms with E-state index in [-0.39, 0.29) is 11.8 Å². The normalized spacial score (nSPS) is 21.3. The minimum absolute atomic E-state index is 0.0169. The van der Waals surface area contributed by atoms with Crippen LogP contribution in [0.4, 0.5) is 0 Å². The van der Waals surface area contributed by atoms with Crippen LogP contribution in [0, 0.1) is 11.8 Å². The number of carbonyl (C=O) groups is 2. The maximum absolute atomic E-state index is 12.2. The summed E-state index contributed by atoms with van der Waals surface area (Å²) in [6, 6.07) is 7.64. The van der Waals surface area contributed by atoms with E-state index in [1.54, 1.807) is 12.0 Å². The number of aliphatic carboxylic acids is 1. The molecule has 0 saturated carbocycles. The highest BCUT2D eigenvalue weighted by molar-refractivity contribution is 5.79. The molecular weight excluding hydrogens is 270 g/mol. The Kier molecular flexibility index (Phi) is 4.83. The highest BCUT2D eigenvalue weighted by atomic mass is 16.5. The first-order chi connectivity index (χ1) is 10.0. The highest BCUT2D eigenvalue weighted by Crippen LogP contribution is 2.24. The zero-order valence-electron chi connectivity index (χ0n) is 12.4. The number of nitrogens with zero attached hydrogens (tertiary/aromatic N) is 1. The van der Waals surface area contributed by atoms with E-state index < -0.39 is 11.9 Å². The fourth-order valence-corrected chi connectivity index (χ4v) is 2.73. The van der Waals surface area contributed by atoms with Crippen molar-refractivity contribution in [2.75, 3.05) is 20.2 Å². The number of hydrogen-bond donors (Lipinski definition) is 1. The number of likely N-dealkylation sites (tertiary alicyclic amines) is 1. The van der Waals surface area contributed by atoms with Gasteiger partial charge in [-0.1, -0.05) is 19.1 Å². The molecule has 5 nitrogen and oxygen atoms in total. The molecule has 1 aliphatic rings. The van der Waals surface area contributed by atoms with Crippen molar-refractivity contribution in [1.29, 1.82) is 0 Å². The fourth-order valence-electron chi connectivity index (χ4n) is 2.73. The van der Waals surface area contributed by atoms with E-state index in [2.05, 4.69) is 0 Å². The van der Waals surface area contributed by atoms with Crippen molar-refractivity contribution < 1.29 is 19.4 Å². The molecule has 1 heterocycles. The maximum atomic E-state index is 12.2. The summed E-state index contributed by atoms with van der Waals surface area (Å²) in [6.45, 7) is 2.75. The molecule has 0 aliphatic carbocycles. The molecule has 1 aliphatic heterocycles. The van der Waals surface area contributed by atoms with Crippen molar-refractivity contribution in [3.8, 4) is 5.75 Å². The molecule has 114 valence electrons. The van der Waals surface area contributed by atoms with E-state index >= 15 is 0 Å². The molecule has 1 aromatic rings. The Morgan fingerprint density at radius 3 is 2.76 bits per heavy atom. The predicted molar refractivity (Wildman–Crippen MR) is 78.2 cm³/mol. The largest absolute Gasteiger partial charge is 0.497 e. The predicted octanol–water partition coefficient (Wildman–Crippen LogP) is 1.81. The highest BCUT2D eigenvalue weighted by Gasteiger charge is 2.36. The number of rotatable bonds is 5. The average Bonchev–Trinajstić information content (AvgIpc) is 2.87. The monoisotopic (exact) mass is 291 g/mol. The van der Waals surface area contributed by atoms with Crippen LogP contribution in [-0.2, 0) is 16.0 Å². The molecule has 21 heavy (non-hydrogen) atoms. The number of amides is 1. The average molecular weight is 291 g/mol. The number of carboxylic acids is 1. The van der Waals surface area contributed by atoms with Gasteiger partial charge in [0.05, 0.1) is 13.0 Å². The molecule has 2 rings (SSSR count). The molecule has 0 radical (unpaired) electrons. The van der Waals surface area contributed by atoms with Crippen LogP contribution >= 0.6 is 0 Å². The maximum Gasteiger partial charge on any atom is 0.308 e. The van der Waals surface area contributed by atoms with Crippen LogP contribution in [0.2, 0.25) is 0 Å². The Labute approximate surface area is 124 Å². The standard InChI is InChI=1S/C16H21NO4/c1-11-9-17(10-14(11)16(19)20)15(18)7-6-12-4-3-5-13(8-12)21-2/h3-5,8,11,14H,6-7,9-10H2,1-2H3,(H,19,20)/t11-,14-/m1/s1. The van der Waals surface area contributed by atoms with Gasteiger partial charge in [-0.2, -0.15) is 0 Å². The van der Waals surface area contributed by atoms with E-state index in [0.29, 0.717) is 25.9 Å². The first kappa shape index (κ1) is 15.4. The van der Waals surface area contributed by atoms with Gasteiger partial charge in [0.15, 0.2) is 0 Å². The van der Waals surface area contributed by atoms with Gasteiger partial charge in [-0.25, -0.2) is 0 Å². The Bertz CT molecular complexity index is 529. The number of carbonyl (C=O) groups excluding carboxylic acids is 1. The van der Waals surface area contributed by atoms with Gasteiger partial charge in [-0.3, -0.25) is 9.59 Å². The Morgan fingerprint density at radius 1 is 1.38 bits per heavy atom. The second kappa shape index (κ2) is 6.61. The molecule has 0 bridgehead atoms. The summed E-state index contributed by atoms with van der Waals surface area (Å²) in [6.07, 6.45) is 1.03. The van der Waals surface area contributed by atoms with Crippen LogP contribution in [-0.4, -0.2) is 42.1 Å². The van der Waals surface area contributed by atoms with Crippen molar-refractivity contribution in [2.45, 2.75) is 19.8 Å². The quantitative estimate of drug-likeness (QED) is 0.898. The van der Waals surface area contributed by atoms with Crippen LogP contribution in [0.5, 0.6) is 5.75 Å². The lowest BCUT2D eigenvalue weighted by Crippen LogP contribution is -2.30. The topological polar surface area (TPSA) is 66.8 Å². The van der Waals surface area contributed by atoms with Crippen LogP contribution < -0.4 is 4.74 Å². The zero-order chi connectivity index (χ0) is 15.4. The lowest BCUT2D eigenvalue weighted by molar-refractivity contribution is -0.142. The number of benzene rings is 1. The summed E-state index contributed by atoms with van der Waals surface area (Å²) in [4.78, 5) is 24.9. The number of aryl methyl sites for hydroxylation is 1. The molecule has 0 aromatic heterocycles. The first-order valence-electron chi connectivity index (χ1n) is 7.14. The van der Waals surface area contributed by atoms with Crippen molar-refractivity contribution in [2.24, 2.45) is 11.8 Å². The minimum atomic E-state index is -0.814. The third kappa shape index (κ3) is 3.74. The third-order valence-corrected chi connectivity index (χ3v) is 4.04. The lowest BCUT2D eigenvalue weighted by atomic mass is 9.99. The Morgan fingerprint density at radius 2 is 2.14 bits per heavy atom. The smallest absolute Gasteiger partial charge is 0.308 e. The lowest BCUT2D eigenvalue weighted by Gasteiger charge is -2.16. The zero-order valence-corrected chi connectivity index (χ0v) is 12.4. The van der Waals surface area contributed by atoms with Crippen LogP contribution in [0.1, 0.15) is 18.9 Å². The van der Waals surface area contributed by atoms with Gasteiger partial charge >= 0.3 is 5.97 Å². The summed E-state index contributed by atoms with van der Waals surface area (Å²) in [5.41, 5.74) is 1.05. The molecule has 1 amide bonds. The molecular formula is C16H21NO4. The first-order valence-corrected chi connectivity index (χ1v) is 7.14. The van der Waals surface area contributed by atoms with Gasteiger partial charge in [0, 0.05) is 19.5 Å². The second-order valence-electron chi connectivity index (χ2n) is 5.57. The number of carboxylic acid groups (broad SMARTS) is 1. The van der Waals surface area contributed by atoms with Gasteiger partial charge in [-0.05, 0) is 30.0 Å². The van der Waals surface area contributed by atoms with Gasteiger partial charge in [0.1, 0.15) is 5.75 Å². The van der Waals surface area contributed by atoms with E-state index in [1.165, 1.54) is 0 Å². The summed E-state index contributed by atoms with van der Waals surface area (Å²) in [5, 5.41) is 9.10. The minimum Gasteiger partial charge on any atom is -0.497 e. The Balaban J connectivity index is 1.89. The number of methoxy groups -OCH3 is 1. The summed E-state index contributed by atoms with van der Waals surface area (Å²) >= 11 is 0. The molecule has 1 aromatic carbocycles. The summed E-state index contributed by atoms with van der Waals surface area (Å²) in [7, 11) is 1.61. The van der Waals surface area contributed by atoms with Crippen LogP contribution in [0.15, 0.2) is 24.3 Å². The van der Waals surface area contributed by atoms with E-state index in [9.17, 15) is 9.59 Å². The summed E-state index contributed by atoms with van der Waals surface area (Å²) < 4.78 is 5.16. The Hall–Kier alpha value is -2.04. The van der Waals surface area contributed by atoms with Crippen molar-refractivity contribution in [3.05, 3.63) is 29.8 Å². The fraction of sp³-hybridized carbons (Fsp3) is 0.500. The van der Waals surface area contributed by atoms with Gasteiger partial charge in [0.25, 0.3) is 0 Å². The van der Waals surface area contributed by atoms with Crippen LogP contribution in [0.3, 0.4) is 0 Å². The molecule has 1 saturated heterocycles. The SMILES string of the molecule is COc1cccc(CCC(=O)N2C[C@@H](C)[C@H](C(=O)O)C2)c1. The molecule has 1 N–H and O–H groups in total. The number of ether oxygens (including phenoxy) is 1. The third-order valence-electron chi connectivity index (χ3n) is 4.04. The van der Waals surface area contributed by atoms with Crippen molar-refractivity contribution in [3.63, 3.8) is 0 Å². The van der Waals surface area contributed by atoms with Crippen LogP contribution in [0.25, 0.3) is 0 Å². The van der Waals surface area contributed by atoms with Crippen molar-refractivity contribution in [1.82, 2.24) is 4.90 Å². The van der Waals surface area contributed by atoms with Gasteiger partial charge in [0.2, 0.25) is 5.91 Å². The van der Waals surface area contributed by atoms with E-state index in [1.807, 2.05) is 31.2 Å². The molecule has 0 spiro atoms. The number of hydrogen-bond acceptors (Lipinski definition) is 3. The van der Waals surface area contributed by atoms with Gasteiger partial charge < -0.3 is 14.7 Å². The molecule has 2 atom stereocenters. The van der Waals surface area contributed by atoms with E-state index in [4.69, 9.17) is 9.84 Å². The van der Waals surface area contributed by atoms with Gasteiger partial charge in [-0.15, -0.1) is 0 Å². The second-order valence-corrected chi connectivity index (χ2v) is 5.57. The molecule has 1 fully saturated rings.